The molecule has 2 aromatic carbocycles. The number of rotatable bonds is 5. The summed E-state index contributed by atoms with van der Waals surface area (Å²) in [6, 6.07) is 13.5. The first-order valence-corrected chi connectivity index (χ1v) is 9.78. The van der Waals surface area contributed by atoms with E-state index in [1.807, 2.05) is 13.8 Å². The Balaban J connectivity index is 1.63. The fourth-order valence-electron chi connectivity index (χ4n) is 2.79. The van der Waals surface area contributed by atoms with Gasteiger partial charge >= 0.3 is 11.9 Å². The van der Waals surface area contributed by atoms with Crippen LogP contribution >= 0.6 is 11.8 Å². The molecule has 0 aromatic heterocycles. The van der Waals surface area contributed by atoms with Crippen molar-refractivity contribution in [3.05, 3.63) is 70.8 Å². The van der Waals surface area contributed by atoms with E-state index in [4.69, 9.17) is 9.47 Å². The fourth-order valence-corrected chi connectivity index (χ4v) is 3.96. The molecule has 0 spiro atoms. The molecule has 4 atom stereocenters. The van der Waals surface area contributed by atoms with Crippen LogP contribution in [0.15, 0.2) is 48.5 Å². The molecule has 2 aromatic rings. The predicted molar refractivity (Wildman–Crippen MR) is 104 cm³/mol. The first-order chi connectivity index (χ1) is 13.3. The summed E-state index contributed by atoms with van der Waals surface area (Å²) in [6.07, 6.45) is -2.97. The zero-order valence-electron chi connectivity index (χ0n) is 15.5. The van der Waals surface area contributed by atoms with Gasteiger partial charge in [0.1, 0.15) is 12.0 Å². The van der Waals surface area contributed by atoms with Crippen molar-refractivity contribution in [1.82, 2.24) is 0 Å². The highest BCUT2D eigenvalue weighted by Gasteiger charge is 2.47. The smallest absolute Gasteiger partial charge is 0.338 e. The molecule has 0 radical (unpaired) electrons. The Morgan fingerprint density at radius 1 is 0.964 bits per heavy atom. The van der Waals surface area contributed by atoms with Crippen molar-refractivity contribution in [3.63, 3.8) is 0 Å². The molecule has 0 amide bonds. The predicted octanol–water partition coefficient (Wildman–Crippen LogP) is 3.46. The molecule has 1 unspecified atom stereocenters. The molecular formula is C21H21FO5S. The van der Waals surface area contributed by atoms with Gasteiger partial charge < -0.3 is 14.6 Å². The van der Waals surface area contributed by atoms with E-state index in [0.717, 1.165) is 22.9 Å². The molecule has 5 nitrogen and oxygen atoms in total. The van der Waals surface area contributed by atoms with Gasteiger partial charge in [-0.1, -0.05) is 35.4 Å². The van der Waals surface area contributed by atoms with Gasteiger partial charge in [-0.2, -0.15) is 0 Å². The van der Waals surface area contributed by atoms with E-state index in [1.165, 1.54) is 0 Å². The lowest BCUT2D eigenvalue weighted by Crippen LogP contribution is -2.36. The molecule has 0 bridgehead atoms. The highest BCUT2D eigenvalue weighted by atomic mass is 32.2. The number of aliphatic hydroxyl groups excluding tert-OH is 1. The number of aryl methyl sites for hydroxylation is 2. The third-order valence-corrected chi connectivity index (χ3v) is 5.76. The second-order valence-electron chi connectivity index (χ2n) is 6.71. The van der Waals surface area contributed by atoms with Crippen molar-refractivity contribution in [2.75, 3.05) is 6.61 Å². The zero-order valence-corrected chi connectivity index (χ0v) is 16.3. The normalized spacial score (nSPS) is 24.0. The molecule has 1 N–H and O–H groups in total. The summed E-state index contributed by atoms with van der Waals surface area (Å²) in [7, 11) is 0. The summed E-state index contributed by atoms with van der Waals surface area (Å²) >= 11 is 0.887. The monoisotopic (exact) mass is 404 g/mol. The highest BCUT2D eigenvalue weighted by Crippen LogP contribution is 2.37. The fraction of sp³-hybridized carbons (Fsp3) is 0.333. The number of thioether (sulfide) groups is 1. The van der Waals surface area contributed by atoms with Crippen LogP contribution in [0.3, 0.4) is 0 Å². The quantitative estimate of drug-likeness (QED) is 0.770. The zero-order chi connectivity index (χ0) is 20.3. The van der Waals surface area contributed by atoms with Crippen LogP contribution in [-0.4, -0.2) is 46.6 Å². The van der Waals surface area contributed by atoms with Gasteiger partial charge in [0.25, 0.3) is 0 Å². The highest BCUT2D eigenvalue weighted by molar-refractivity contribution is 8.00. The Hall–Kier alpha value is -2.38. The van der Waals surface area contributed by atoms with Crippen molar-refractivity contribution in [2.24, 2.45) is 0 Å². The minimum absolute atomic E-state index is 0.180. The summed E-state index contributed by atoms with van der Waals surface area (Å²) < 4.78 is 24.9. The first kappa shape index (κ1) is 20.4. The standard InChI is InChI=1S/C21H21FO5S/c1-12-3-7-14(8-4-12)19(23)26-11-16-18(17(22)21(25)28-16)27-20(24)15-9-5-13(2)6-10-15/h3-10,16-18,21,25H,11H2,1-2H3/t16-,17-,18+,21?/m0/s1. The van der Waals surface area contributed by atoms with E-state index < -0.39 is 34.9 Å². The molecule has 1 aliphatic heterocycles. The number of halogens is 1. The van der Waals surface area contributed by atoms with Crippen LogP contribution in [0.1, 0.15) is 31.8 Å². The summed E-state index contributed by atoms with van der Waals surface area (Å²) in [4.78, 5) is 24.5. The molecule has 148 valence electrons. The SMILES string of the molecule is Cc1ccc(C(=O)OC[C@@H]2SC(O)[C@@H](F)[C@@H]2OC(=O)c2ccc(C)cc2)cc1. The lowest BCUT2D eigenvalue weighted by Gasteiger charge is -2.20. The summed E-state index contributed by atoms with van der Waals surface area (Å²) in [5.74, 6) is -1.24. The van der Waals surface area contributed by atoms with Gasteiger partial charge in [-0.3, -0.25) is 0 Å². The Kier molecular flexibility index (Phi) is 6.36. The van der Waals surface area contributed by atoms with E-state index in [0.29, 0.717) is 11.1 Å². The molecule has 0 aliphatic carbocycles. The van der Waals surface area contributed by atoms with Crippen molar-refractivity contribution in [1.29, 1.82) is 0 Å². The third-order valence-electron chi connectivity index (χ3n) is 4.46. The molecule has 3 rings (SSSR count). The molecule has 1 saturated heterocycles. The molecule has 1 aliphatic rings. The molecular weight excluding hydrogens is 383 g/mol. The maximum atomic E-state index is 14.4. The first-order valence-electron chi connectivity index (χ1n) is 8.84. The van der Waals surface area contributed by atoms with Gasteiger partial charge in [0.15, 0.2) is 12.3 Å². The third kappa shape index (κ3) is 4.72. The van der Waals surface area contributed by atoms with Gasteiger partial charge in [0.2, 0.25) is 0 Å². The number of alkyl halides is 1. The topological polar surface area (TPSA) is 72.8 Å². The lowest BCUT2D eigenvalue weighted by molar-refractivity contribution is -0.0112. The van der Waals surface area contributed by atoms with Crippen LogP contribution in [0.4, 0.5) is 4.39 Å². The van der Waals surface area contributed by atoms with Gasteiger partial charge in [-0.25, -0.2) is 14.0 Å². The van der Waals surface area contributed by atoms with Gasteiger partial charge in [-0.05, 0) is 38.1 Å². The number of carbonyl (C=O) groups excluding carboxylic acids is 2. The average Bonchev–Trinajstić information content (AvgIpc) is 2.95. The summed E-state index contributed by atoms with van der Waals surface area (Å²) in [5, 5.41) is 9.13. The van der Waals surface area contributed by atoms with Gasteiger partial charge in [0, 0.05) is 0 Å². The number of ether oxygens (including phenoxy) is 2. The maximum Gasteiger partial charge on any atom is 0.338 e. The van der Waals surface area contributed by atoms with E-state index in [-0.39, 0.29) is 6.61 Å². The number of aliphatic hydroxyl groups is 1. The van der Waals surface area contributed by atoms with Crippen LogP contribution in [0.5, 0.6) is 0 Å². The van der Waals surface area contributed by atoms with E-state index in [1.54, 1.807) is 48.5 Å². The number of carbonyl (C=O) groups is 2. The minimum atomic E-state index is -1.76. The average molecular weight is 404 g/mol. The molecule has 28 heavy (non-hydrogen) atoms. The molecule has 7 heteroatoms. The second kappa shape index (κ2) is 8.75. The van der Waals surface area contributed by atoms with Crippen LogP contribution < -0.4 is 0 Å². The van der Waals surface area contributed by atoms with Crippen LogP contribution in [0.25, 0.3) is 0 Å². The number of hydrogen-bond donors (Lipinski definition) is 1. The van der Waals surface area contributed by atoms with Gasteiger partial charge in [0.05, 0.1) is 16.4 Å². The lowest BCUT2D eigenvalue weighted by atomic mass is 10.1. The number of benzene rings is 2. The Morgan fingerprint density at radius 3 is 2.00 bits per heavy atom. The van der Waals surface area contributed by atoms with Gasteiger partial charge in [-0.15, -0.1) is 11.8 Å². The van der Waals surface area contributed by atoms with Crippen LogP contribution in [0.2, 0.25) is 0 Å². The molecule has 1 heterocycles. The van der Waals surface area contributed by atoms with Crippen molar-refractivity contribution in [2.45, 2.75) is 36.8 Å². The van der Waals surface area contributed by atoms with Crippen molar-refractivity contribution in [3.8, 4) is 0 Å². The summed E-state index contributed by atoms with van der Waals surface area (Å²) in [5.41, 5.74) is 1.31. The molecule has 1 fully saturated rings. The Labute approximate surface area is 166 Å². The number of hydrogen-bond acceptors (Lipinski definition) is 6. The minimum Gasteiger partial charge on any atom is -0.461 e. The largest absolute Gasteiger partial charge is 0.461 e. The van der Waals surface area contributed by atoms with E-state index in [2.05, 4.69) is 0 Å². The van der Waals surface area contributed by atoms with E-state index in [9.17, 15) is 19.1 Å². The van der Waals surface area contributed by atoms with Crippen molar-refractivity contribution >= 4 is 23.7 Å². The second-order valence-corrected chi connectivity index (χ2v) is 8.07. The summed E-state index contributed by atoms with van der Waals surface area (Å²) in [6.45, 7) is 3.61. The van der Waals surface area contributed by atoms with Crippen LogP contribution in [0, 0.1) is 13.8 Å². The number of esters is 2. The van der Waals surface area contributed by atoms with E-state index >= 15 is 0 Å². The Bertz CT molecular complexity index is 837. The Morgan fingerprint density at radius 2 is 1.46 bits per heavy atom. The molecule has 0 saturated carbocycles. The van der Waals surface area contributed by atoms with Crippen molar-refractivity contribution < 1.29 is 28.6 Å². The van der Waals surface area contributed by atoms with Crippen LogP contribution in [-0.2, 0) is 9.47 Å². The maximum absolute atomic E-state index is 14.4.